The monoisotopic (exact) mass is 270 g/mol. The van der Waals surface area contributed by atoms with E-state index in [4.69, 9.17) is 4.74 Å². The molecular weight excluding hydrogens is 248 g/mol. The van der Waals surface area contributed by atoms with Crippen LogP contribution in [0.1, 0.15) is 27.2 Å². The molecule has 0 aliphatic rings. The molecule has 2 aromatic rings. The largest absolute Gasteiger partial charge is 0.491 e. The summed E-state index contributed by atoms with van der Waals surface area (Å²) in [6.45, 7) is 7.14. The molecule has 0 atom stereocenters. The van der Waals surface area contributed by atoms with Gasteiger partial charge in [-0.1, -0.05) is 25.1 Å². The van der Waals surface area contributed by atoms with Crippen LogP contribution in [0.15, 0.2) is 42.5 Å². The van der Waals surface area contributed by atoms with Crippen molar-refractivity contribution < 1.29 is 4.74 Å². The number of nitrogens with one attached hydrogen (secondary N) is 1. The molecule has 0 saturated heterocycles. The molecule has 0 saturated carbocycles. The second-order valence-corrected chi connectivity index (χ2v) is 5.03. The van der Waals surface area contributed by atoms with Crippen LogP contribution in [-0.4, -0.2) is 17.6 Å². The van der Waals surface area contributed by atoms with Crippen LogP contribution in [0.4, 0.5) is 5.82 Å². The number of hydrogen-bond donors (Lipinski definition) is 1. The molecule has 1 aromatic carbocycles. The van der Waals surface area contributed by atoms with Gasteiger partial charge in [0.25, 0.3) is 0 Å². The highest BCUT2D eigenvalue weighted by atomic mass is 16.5. The molecule has 1 aromatic heterocycles. The first-order valence-corrected chi connectivity index (χ1v) is 7.17. The first-order valence-electron chi connectivity index (χ1n) is 7.17. The van der Waals surface area contributed by atoms with Crippen molar-refractivity contribution >= 4 is 5.82 Å². The fourth-order valence-electron chi connectivity index (χ4n) is 1.95. The zero-order chi connectivity index (χ0) is 14.4. The van der Waals surface area contributed by atoms with E-state index in [1.807, 2.05) is 50.2 Å². The van der Waals surface area contributed by atoms with Crippen molar-refractivity contribution in [2.45, 2.75) is 33.3 Å². The van der Waals surface area contributed by atoms with Gasteiger partial charge in [0.2, 0.25) is 0 Å². The summed E-state index contributed by atoms with van der Waals surface area (Å²) in [7, 11) is 0. The van der Waals surface area contributed by atoms with Crippen molar-refractivity contribution in [1.82, 2.24) is 4.98 Å². The van der Waals surface area contributed by atoms with Gasteiger partial charge in [0.1, 0.15) is 11.6 Å². The second kappa shape index (κ2) is 6.94. The van der Waals surface area contributed by atoms with E-state index in [1.165, 1.54) is 0 Å². The lowest BCUT2D eigenvalue weighted by Gasteiger charge is -2.11. The molecule has 106 valence electrons. The van der Waals surface area contributed by atoms with E-state index in [9.17, 15) is 0 Å². The average molecular weight is 270 g/mol. The van der Waals surface area contributed by atoms with Crippen molar-refractivity contribution in [1.29, 1.82) is 0 Å². The molecule has 2 rings (SSSR count). The topological polar surface area (TPSA) is 34.1 Å². The fourth-order valence-corrected chi connectivity index (χ4v) is 1.95. The van der Waals surface area contributed by atoms with Crippen molar-refractivity contribution in [3.63, 3.8) is 0 Å². The predicted octanol–water partition coefficient (Wildman–Crippen LogP) is 4.36. The Morgan fingerprint density at radius 1 is 1.15 bits per heavy atom. The summed E-state index contributed by atoms with van der Waals surface area (Å²) in [4.78, 5) is 4.63. The first-order chi connectivity index (χ1) is 9.69. The molecule has 1 heterocycles. The average Bonchev–Trinajstić information content (AvgIpc) is 2.45. The molecular formula is C17H22N2O. The molecule has 0 spiro atoms. The third kappa shape index (κ3) is 3.98. The number of pyridine rings is 1. The van der Waals surface area contributed by atoms with Gasteiger partial charge in [-0.25, -0.2) is 4.98 Å². The molecule has 0 unspecified atom stereocenters. The van der Waals surface area contributed by atoms with E-state index in [-0.39, 0.29) is 6.10 Å². The Morgan fingerprint density at radius 2 is 1.95 bits per heavy atom. The van der Waals surface area contributed by atoms with Crippen LogP contribution >= 0.6 is 0 Å². The summed E-state index contributed by atoms with van der Waals surface area (Å²) in [6.07, 6.45) is 1.26. The number of nitrogens with zero attached hydrogens (tertiary/aromatic N) is 1. The Morgan fingerprint density at radius 3 is 2.70 bits per heavy atom. The summed E-state index contributed by atoms with van der Waals surface area (Å²) in [6, 6.07) is 14.1. The Kier molecular flexibility index (Phi) is 4.99. The minimum absolute atomic E-state index is 0.177. The Balaban J connectivity index is 2.22. The third-order valence-corrected chi connectivity index (χ3v) is 2.81. The summed E-state index contributed by atoms with van der Waals surface area (Å²) < 4.78 is 5.73. The molecule has 1 N–H and O–H groups in total. The highest BCUT2D eigenvalue weighted by Gasteiger charge is 2.04. The minimum atomic E-state index is 0.177. The SMILES string of the molecule is CCCNc1cccc(-c2cccc(OC(C)C)c2)n1. The smallest absolute Gasteiger partial charge is 0.126 e. The van der Waals surface area contributed by atoms with E-state index < -0.39 is 0 Å². The predicted molar refractivity (Wildman–Crippen MR) is 84.2 cm³/mol. The van der Waals surface area contributed by atoms with Crippen LogP contribution in [0.3, 0.4) is 0 Å². The van der Waals surface area contributed by atoms with Crippen molar-refractivity contribution in [3.05, 3.63) is 42.5 Å². The molecule has 0 amide bonds. The van der Waals surface area contributed by atoms with Gasteiger partial charge in [0.05, 0.1) is 11.8 Å². The van der Waals surface area contributed by atoms with Crippen LogP contribution in [-0.2, 0) is 0 Å². The van der Waals surface area contributed by atoms with Crippen molar-refractivity contribution in [2.24, 2.45) is 0 Å². The number of hydrogen-bond acceptors (Lipinski definition) is 3. The minimum Gasteiger partial charge on any atom is -0.491 e. The Hall–Kier alpha value is -2.03. The standard InChI is InChI=1S/C17H22N2O/c1-4-11-18-17-10-6-9-16(19-17)14-7-5-8-15(12-14)20-13(2)3/h5-10,12-13H,4,11H2,1-3H3,(H,18,19). The molecule has 20 heavy (non-hydrogen) atoms. The summed E-state index contributed by atoms with van der Waals surface area (Å²) in [5.41, 5.74) is 2.03. The van der Waals surface area contributed by atoms with Crippen LogP contribution in [0.25, 0.3) is 11.3 Å². The highest BCUT2D eigenvalue weighted by Crippen LogP contribution is 2.24. The molecule has 0 fully saturated rings. The van der Waals surface area contributed by atoms with Gasteiger partial charge in [0.15, 0.2) is 0 Å². The number of rotatable bonds is 6. The zero-order valence-corrected chi connectivity index (χ0v) is 12.4. The van der Waals surface area contributed by atoms with E-state index in [0.717, 1.165) is 35.8 Å². The van der Waals surface area contributed by atoms with Gasteiger partial charge in [-0.15, -0.1) is 0 Å². The molecule has 0 bridgehead atoms. The maximum absolute atomic E-state index is 5.73. The van der Waals surface area contributed by atoms with E-state index >= 15 is 0 Å². The zero-order valence-electron chi connectivity index (χ0n) is 12.4. The van der Waals surface area contributed by atoms with E-state index in [1.54, 1.807) is 0 Å². The molecule has 0 aliphatic carbocycles. The first kappa shape index (κ1) is 14.4. The molecule has 0 radical (unpaired) electrons. The molecule has 3 heteroatoms. The number of aromatic nitrogens is 1. The molecule has 3 nitrogen and oxygen atoms in total. The third-order valence-electron chi connectivity index (χ3n) is 2.81. The maximum Gasteiger partial charge on any atom is 0.126 e. The number of benzene rings is 1. The summed E-state index contributed by atoms with van der Waals surface area (Å²) in [5.74, 6) is 1.80. The lowest BCUT2D eigenvalue weighted by atomic mass is 10.1. The van der Waals surface area contributed by atoms with Crippen LogP contribution < -0.4 is 10.1 Å². The van der Waals surface area contributed by atoms with Crippen LogP contribution in [0.5, 0.6) is 5.75 Å². The normalized spacial score (nSPS) is 10.6. The maximum atomic E-state index is 5.73. The van der Waals surface area contributed by atoms with Crippen LogP contribution in [0, 0.1) is 0 Å². The van der Waals surface area contributed by atoms with Gasteiger partial charge >= 0.3 is 0 Å². The molecule has 0 aliphatic heterocycles. The van der Waals surface area contributed by atoms with Crippen molar-refractivity contribution in [3.8, 4) is 17.0 Å². The number of anilines is 1. The fraction of sp³-hybridized carbons (Fsp3) is 0.353. The Bertz CT molecular complexity index is 552. The van der Waals surface area contributed by atoms with Gasteiger partial charge in [-0.3, -0.25) is 0 Å². The Labute approximate surface area is 121 Å². The van der Waals surface area contributed by atoms with E-state index in [2.05, 4.69) is 23.3 Å². The van der Waals surface area contributed by atoms with Gasteiger partial charge in [0, 0.05) is 12.1 Å². The van der Waals surface area contributed by atoms with Gasteiger partial charge in [-0.2, -0.15) is 0 Å². The lowest BCUT2D eigenvalue weighted by Crippen LogP contribution is -2.05. The van der Waals surface area contributed by atoms with Crippen molar-refractivity contribution in [2.75, 3.05) is 11.9 Å². The number of ether oxygens (including phenoxy) is 1. The highest BCUT2D eigenvalue weighted by molar-refractivity contribution is 5.63. The lowest BCUT2D eigenvalue weighted by molar-refractivity contribution is 0.242. The van der Waals surface area contributed by atoms with Gasteiger partial charge in [-0.05, 0) is 44.5 Å². The second-order valence-electron chi connectivity index (χ2n) is 5.03. The summed E-state index contributed by atoms with van der Waals surface area (Å²) in [5, 5.41) is 3.31. The quantitative estimate of drug-likeness (QED) is 0.847. The van der Waals surface area contributed by atoms with E-state index in [0.29, 0.717) is 0 Å². The van der Waals surface area contributed by atoms with Gasteiger partial charge < -0.3 is 10.1 Å². The van der Waals surface area contributed by atoms with Crippen LogP contribution in [0.2, 0.25) is 0 Å². The summed E-state index contributed by atoms with van der Waals surface area (Å²) >= 11 is 0.